The van der Waals surface area contributed by atoms with Gasteiger partial charge in [0.15, 0.2) is 0 Å². The second-order valence-electron chi connectivity index (χ2n) is 9.59. The first-order valence-electron chi connectivity index (χ1n) is 13.1. The van der Waals surface area contributed by atoms with E-state index in [1.807, 2.05) is 56.4 Å². The topological polar surface area (TPSA) is 140 Å². The molecule has 2 amide bonds. The molecule has 0 aliphatic rings. The van der Waals surface area contributed by atoms with Crippen molar-refractivity contribution in [2.75, 3.05) is 62.2 Å². The van der Waals surface area contributed by atoms with E-state index in [1.165, 1.54) is 12.3 Å². The summed E-state index contributed by atoms with van der Waals surface area (Å²) in [6.45, 7) is 6.87. The van der Waals surface area contributed by atoms with Crippen LogP contribution < -0.4 is 25.6 Å². The van der Waals surface area contributed by atoms with Crippen LogP contribution in [0.15, 0.2) is 55.3 Å². The molecule has 0 unspecified atom stereocenters. The van der Waals surface area contributed by atoms with Crippen molar-refractivity contribution in [1.82, 2.24) is 25.1 Å². The highest BCUT2D eigenvalue weighted by Crippen LogP contribution is 2.38. The van der Waals surface area contributed by atoms with Gasteiger partial charge in [0.2, 0.25) is 17.8 Å². The Bertz CT molecular complexity index is 1560. The van der Waals surface area contributed by atoms with Crippen molar-refractivity contribution < 1.29 is 14.3 Å². The highest BCUT2D eigenvalue weighted by molar-refractivity contribution is 6.02. The molecule has 4 N–H and O–H groups in total. The van der Waals surface area contributed by atoms with Crippen LogP contribution >= 0.6 is 0 Å². The smallest absolute Gasteiger partial charge is 0.247 e. The summed E-state index contributed by atoms with van der Waals surface area (Å²) in [6, 6.07) is 11.3. The molecule has 0 aliphatic heterocycles. The summed E-state index contributed by atoms with van der Waals surface area (Å²) in [4.78, 5) is 37.9. The number of nitrogens with one attached hydrogen (secondary N) is 4. The van der Waals surface area contributed by atoms with Gasteiger partial charge >= 0.3 is 0 Å². The predicted molar refractivity (Wildman–Crippen MR) is 163 cm³/mol. The molecule has 0 saturated heterocycles. The molecule has 4 rings (SSSR count). The van der Waals surface area contributed by atoms with E-state index in [0.29, 0.717) is 40.6 Å². The van der Waals surface area contributed by atoms with Gasteiger partial charge in [-0.2, -0.15) is 5.10 Å². The average Bonchev–Trinajstić information content (AvgIpc) is 3.40. The van der Waals surface area contributed by atoms with Crippen molar-refractivity contribution in [3.8, 4) is 17.1 Å². The second kappa shape index (κ2) is 12.9. The Labute approximate surface area is 238 Å². The summed E-state index contributed by atoms with van der Waals surface area (Å²) < 4.78 is 5.71. The molecule has 2 aromatic carbocycles. The van der Waals surface area contributed by atoms with Crippen molar-refractivity contribution >= 4 is 51.4 Å². The molecule has 0 saturated carbocycles. The van der Waals surface area contributed by atoms with Gasteiger partial charge in [-0.25, -0.2) is 9.97 Å². The van der Waals surface area contributed by atoms with E-state index >= 15 is 0 Å². The summed E-state index contributed by atoms with van der Waals surface area (Å²) in [6.07, 6.45) is 3.05. The van der Waals surface area contributed by atoms with Gasteiger partial charge in [-0.15, -0.1) is 0 Å². The number of anilines is 5. The molecule has 12 heteroatoms. The van der Waals surface area contributed by atoms with Crippen LogP contribution in [-0.4, -0.2) is 78.2 Å². The minimum Gasteiger partial charge on any atom is -0.494 e. The third kappa shape index (κ3) is 6.79. The lowest BCUT2D eigenvalue weighted by molar-refractivity contribution is -0.116. The lowest BCUT2D eigenvalue weighted by Crippen LogP contribution is -2.29. The number of H-pyrrole nitrogens is 1. The highest BCUT2D eigenvalue weighted by Gasteiger charge is 2.20. The SMILES string of the molecule is C=CC(=O)Nc1cc(Nc2ncc(NC(=O)CC)c(-c3n[nH]c4ccccc34)n2)c(OC)cc1N(C)CCN(C)C. The maximum absolute atomic E-state index is 12.3. The monoisotopic (exact) mass is 557 g/mol. The number of amides is 2. The summed E-state index contributed by atoms with van der Waals surface area (Å²) in [5.41, 5.74) is 4.14. The number of fused-ring (bicyclic) bond motifs is 1. The van der Waals surface area contributed by atoms with E-state index in [1.54, 1.807) is 20.1 Å². The zero-order valence-electron chi connectivity index (χ0n) is 23.9. The van der Waals surface area contributed by atoms with Crippen LogP contribution in [0.1, 0.15) is 13.3 Å². The van der Waals surface area contributed by atoms with Gasteiger partial charge in [0.1, 0.15) is 17.1 Å². The van der Waals surface area contributed by atoms with E-state index in [9.17, 15) is 9.59 Å². The molecular formula is C29H35N9O3. The first-order valence-corrected chi connectivity index (χ1v) is 13.1. The largest absolute Gasteiger partial charge is 0.494 e. The predicted octanol–water partition coefficient (Wildman–Crippen LogP) is 4.24. The highest BCUT2D eigenvalue weighted by atomic mass is 16.5. The molecule has 214 valence electrons. The summed E-state index contributed by atoms with van der Waals surface area (Å²) in [7, 11) is 7.52. The molecule has 0 bridgehead atoms. The lowest BCUT2D eigenvalue weighted by atomic mass is 10.1. The maximum Gasteiger partial charge on any atom is 0.247 e. The number of nitrogens with zero attached hydrogens (tertiary/aromatic N) is 5. The first kappa shape index (κ1) is 29.0. The minimum atomic E-state index is -0.344. The molecule has 2 aromatic heterocycles. The average molecular weight is 558 g/mol. The Morgan fingerprint density at radius 3 is 2.54 bits per heavy atom. The van der Waals surface area contributed by atoms with Crippen LogP contribution in [0.4, 0.5) is 28.7 Å². The molecule has 0 atom stereocenters. The number of rotatable bonds is 12. The molecule has 0 aliphatic carbocycles. The van der Waals surface area contributed by atoms with E-state index in [-0.39, 0.29) is 17.8 Å². The Kier molecular flexibility index (Phi) is 9.15. The molecule has 12 nitrogen and oxygen atoms in total. The minimum absolute atomic E-state index is 0.173. The normalized spacial score (nSPS) is 10.9. The zero-order valence-corrected chi connectivity index (χ0v) is 23.9. The van der Waals surface area contributed by atoms with Crippen LogP contribution in [0.3, 0.4) is 0 Å². The molecule has 0 radical (unpaired) electrons. The molecule has 2 heterocycles. The quantitative estimate of drug-likeness (QED) is 0.188. The summed E-state index contributed by atoms with van der Waals surface area (Å²) in [5.74, 6) is 0.249. The van der Waals surface area contributed by atoms with Gasteiger partial charge in [-0.1, -0.05) is 31.7 Å². The van der Waals surface area contributed by atoms with Gasteiger partial charge in [0.05, 0.1) is 41.6 Å². The molecule has 0 fully saturated rings. The Hall–Kier alpha value is -4.97. The van der Waals surface area contributed by atoms with Crippen molar-refractivity contribution in [2.24, 2.45) is 0 Å². The number of likely N-dealkylation sites (N-methyl/N-ethyl adjacent to an activating group) is 2. The number of carbonyl (C=O) groups is 2. The van der Waals surface area contributed by atoms with Gasteiger partial charge in [-0.05, 0) is 32.3 Å². The van der Waals surface area contributed by atoms with Crippen LogP contribution in [0, 0.1) is 0 Å². The number of aromatic nitrogens is 4. The zero-order chi connectivity index (χ0) is 29.5. The third-order valence-electron chi connectivity index (χ3n) is 6.38. The number of hydrogen-bond acceptors (Lipinski definition) is 9. The number of para-hydroxylation sites is 1. The maximum atomic E-state index is 12.3. The fraction of sp³-hybridized carbons (Fsp3) is 0.276. The van der Waals surface area contributed by atoms with E-state index in [0.717, 1.165) is 29.7 Å². The second-order valence-corrected chi connectivity index (χ2v) is 9.59. The number of aromatic amines is 1. The molecular weight excluding hydrogens is 522 g/mol. The van der Waals surface area contributed by atoms with Crippen LogP contribution in [-0.2, 0) is 9.59 Å². The number of carbonyl (C=O) groups excluding carboxylic acids is 2. The Morgan fingerprint density at radius 2 is 1.83 bits per heavy atom. The van der Waals surface area contributed by atoms with Crippen LogP contribution in [0.5, 0.6) is 5.75 Å². The number of ether oxygens (including phenoxy) is 1. The molecule has 0 spiro atoms. The van der Waals surface area contributed by atoms with Gasteiger partial charge in [0, 0.05) is 38.0 Å². The lowest BCUT2D eigenvalue weighted by Gasteiger charge is -2.26. The Balaban J connectivity index is 1.77. The van der Waals surface area contributed by atoms with Crippen LogP contribution in [0.2, 0.25) is 0 Å². The van der Waals surface area contributed by atoms with Gasteiger partial charge in [0.25, 0.3) is 0 Å². The summed E-state index contributed by atoms with van der Waals surface area (Å²) >= 11 is 0. The van der Waals surface area contributed by atoms with E-state index in [2.05, 4.69) is 42.6 Å². The standard InChI is InChI=1S/C29H35N9O3/c1-7-25(39)31-20-15-21(24(41-6)16-23(20)38(5)14-13-37(3)4)33-29-30-17-22(32-26(40)8-2)28(34-29)27-18-11-9-10-12-19(18)35-36-27/h7,9-12,15-17H,1,8,13-14H2,2-6H3,(H,31,39)(H,32,40)(H,35,36)(H,30,33,34). The summed E-state index contributed by atoms with van der Waals surface area (Å²) in [5, 5.41) is 17.3. The van der Waals surface area contributed by atoms with Crippen molar-refractivity contribution in [1.29, 1.82) is 0 Å². The fourth-order valence-corrected chi connectivity index (χ4v) is 4.12. The first-order chi connectivity index (χ1) is 19.7. The molecule has 4 aromatic rings. The number of hydrogen-bond donors (Lipinski definition) is 4. The van der Waals surface area contributed by atoms with E-state index in [4.69, 9.17) is 9.72 Å². The van der Waals surface area contributed by atoms with E-state index < -0.39 is 0 Å². The van der Waals surface area contributed by atoms with Crippen molar-refractivity contribution in [3.63, 3.8) is 0 Å². The van der Waals surface area contributed by atoms with Crippen LogP contribution in [0.25, 0.3) is 22.3 Å². The fourth-order valence-electron chi connectivity index (χ4n) is 4.12. The van der Waals surface area contributed by atoms with Crippen molar-refractivity contribution in [2.45, 2.75) is 13.3 Å². The molecule has 41 heavy (non-hydrogen) atoms. The van der Waals surface area contributed by atoms with Gasteiger partial charge < -0.3 is 30.5 Å². The number of benzene rings is 2. The number of methoxy groups -OCH3 is 1. The Morgan fingerprint density at radius 1 is 1.05 bits per heavy atom. The third-order valence-corrected chi connectivity index (χ3v) is 6.38. The van der Waals surface area contributed by atoms with Gasteiger partial charge in [-0.3, -0.25) is 14.7 Å². The van der Waals surface area contributed by atoms with Crippen molar-refractivity contribution in [3.05, 3.63) is 55.3 Å².